The van der Waals surface area contributed by atoms with Crippen LogP contribution in [0.4, 0.5) is 14.5 Å². The highest BCUT2D eigenvalue weighted by atomic mass is 19.1. The lowest BCUT2D eigenvalue weighted by Gasteiger charge is -2.14. The highest BCUT2D eigenvalue weighted by Crippen LogP contribution is 2.15. The number of para-hydroxylation sites is 1. The molecule has 1 N–H and O–H groups in total. The van der Waals surface area contributed by atoms with Gasteiger partial charge in [0.15, 0.2) is 6.10 Å². The van der Waals surface area contributed by atoms with Gasteiger partial charge >= 0.3 is 0 Å². The van der Waals surface area contributed by atoms with Crippen LogP contribution in [0.15, 0.2) is 48.5 Å². The van der Waals surface area contributed by atoms with Gasteiger partial charge in [-0.1, -0.05) is 18.2 Å². The lowest BCUT2D eigenvalue weighted by atomic mass is 10.2. The minimum absolute atomic E-state index is 0.0519. The quantitative estimate of drug-likeness (QED) is 0.930. The van der Waals surface area contributed by atoms with Crippen LogP contribution in [0.5, 0.6) is 5.75 Å². The van der Waals surface area contributed by atoms with Gasteiger partial charge in [0.2, 0.25) is 0 Å². The molecule has 5 heteroatoms. The Morgan fingerprint density at radius 1 is 1.10 bits per heavy atom. The van der Waals surface area contributed by atoms with E-state index in [1.165, 1.54) is 0 Å². The first-order chi connectivity index (χ1) is 9.54. The maximum Gasteiger partial charge on any atom is 0.265 e. The van der Waals surface area contributed by atoms with Crippen molar-refractivity contribution < 1.29 is 18.3 Å². The lowest BCUT2D eigenvalue weighted by molar-refractivity contribution is -0.122. The number of amides is 1. The van der Waals surface area contributed by atoms with E-state index in [4.69, 9.17) is 4.74 Å². The van der Waals surface area contributed by atoms with E-state index in [1.54, 1.807) is 31.2 Å². The Bertz CT molecular complexity index is 582. The zero-order valence-corrected chi connectivity index (χ0v) is 10.8. The molecule has 20 heavy (non-hydrogen) atoms. The maximum absolute atomic E-state index is 13.0. The normalized spacial score (nSPS) is 11.8. The van der Waals surface area contributed by atoms with Crippen molar-refractivity contribution in [3.05, 3.63) is 60.2 Å². The summed E-state index contributed by atoms with van der Waals surface area (Å²) in [7, 11) is 0. The fraction of sp³-hybridized carbons (Fsp3) is 0.133. The molecular formula is C15H13F2NO2. The summed E-state index contributed by atoms with van der Waals surface area (Å²) in [5.74, 6) is -1.45. The van der Waals surface area contributed by atoms with Crippen LogP contribution in [-0.2, 0) is 4.79 Å². The van der Waals surface area contributed by atoms with Gasteiger partial charge in [-0.25, -0.2) is 8.78 Å². The van der Waals surface area contributed by atoms with Crippen molar-refractivity contribution in [2.45, 2.75) is 13.0 Å². The van der Waals surface area contributed by atoms with Crippen molar-refractivity contribution in [3.63, 3.8) is 0 Å². The zero-order chi connectivity index (χ0) is 14.5. The molecule has 1 unspecified atom stereocenters. The molecule has 2 aromatic rings. The first-order valence-electron chi connectivity index (χ1n) is 6.03. The second kappa shape index (κ2) is 6.14. The molecule has 0 aliphatic heterocycles. The largest absolute Gasteiger partial charge is 0.481 e. The Balaban J connectivity index is 2.00. The Morgan fingerprint density at radius 2 is 1.70 bits per heavy atom. The van der Waals surface area contributed by atoms with Crippen LogP contribution in [0.25, 0.3) is 0 Å². The molecule has 3 nitrogen and oxygen atoms in total. The van der Waals surface area contributed by atoms with Gasteiger partial charge in [0.25, 0.3) is 5.91 Å². The maximum atomic E-state index is 13.0. The molecule has 0 saturated carbocycles. The van der Waals surface area contributed by atoms with Crippen LogP contribution in [0.1, 0.15) is 6.92 Å². The Labute approximate surface area is 115 Å². The van der Waals surface area contributed by atoms with Crippen molar-refractivity contribution in [1.82, 2.24) is 0 Å². The second-order valence-electron chi connectivity index (χ2n) is 4.22. The highest BCUT2D eigenvalue weighted by molar-refractivity contribution is 5.94. The number of halogens is 2. The molecule has 1 amide bonds. The first kappa shape index (κ1) is 14.0. The Kier molecular flexibility index (Phi) is 4.30. The van der Waals surface area contributed by atoms with E-state index >= 15 is 0 Å². The molecule has 0 heterocycles. The molecule has 0 aliphatic rings. The number of ether oxygens (including phenoxy) is 1. The van der Waals surface area contributed by atoms with Crippen LogP contribution >= 0.6 is 0 Å². The molecule has 2 rings (SSSR count). The van der Waals surface area contributed by atoms with Gasteiger partial charge in [0.1, 0.15) is 17.4 Å². The summed E-state index contributed by atoms with van der Waals surface area (Å²) in [6, 6.07) is 11.6. The molecular weight excluding hydrogens is 264 g/mol. The fourth-order valence-electron chi connectivity index (χ4n) is 1.63. The summed E-state index contributed by atoms with van der Waals surface area (Å²) in [5, 5.41) is 2.40. The van der Waals surface area contributed by atoms with E-state index in [-0.39, 0.29) is 5.69 Å². The summed E-state index contributed by atoms with van der Waals surface area (Å²) in [6.45, 7) is 1.55. The molecule has 104 valence electrons. The molecule has 0 spiro atoms. The first-order valence-corrected chi connectivity index (χ1v) is 6.03. The summed E-state index contributed by atoms with van der Waals surface area (Å²) < 4.78 is 31.4. The smallest absolute Gasteiger partial charge is 0.265 e. The predicted octanol–water partition coefficient (Wildman–Crippen LogP) is 3.37. The number of carbonyl (C=O) groups is 1. The third-order valence-electron chi connectivity index (χ3n) is 2.56. The molecule has 2 aromatic carbocycles. The van der Waals surface area contributed by atoms with Gasteiger partial charge in [0.05, 0.1) is 0 Å². The van der Waals surface area contributed by atoms with Gasteiger partial charge in [-0.15, -0.1) is 0 Å². The van der Waals surface area contributed by atoms with E-state index in [2.05, 4.69) is 5.32 Å². The van der Waals surface area contributed by atoms with Crippen molar-refractivity contribution in [2.24, 2.45) is 0 Å². The number of carbonyl (C=O) groups excluding carboxylic acids is 1. The van der Waals surface area contributed by atoms with E-state index in [1.807, 2.05) is 6.07 Å². The van der Waals surface area contributed by atoms with Crippen molar-refractivity contribution in [1.29, 1.82) is 0 Å². The second-order valence-corrected chi connectivity index (χ2v) is 4.22. The van der Waals surface area contributed by atoms with Crippen LogP contribution < -0.4 is 10.1 Å². The van der Waals surface area contributed by atoms with Crippen molar-refractivity contribution in [2.75, 3.05) is 5.32 Å². The zero-order valence-electron chi connectivity index (χ0n) is 10.8. The number of benzene rings is 2. The topological polar surface area (TPSA) is 38.3 Å². The molecule has 0 aromatic heterocycles. The molecule has 0 aliphatic carbocycles. The molecule has 0 radical (unpaired) electrons. The van der Waals surface area contributed by atoms with Crippen LogP contribution in [0.3, 0.4) is 0 Å². The summed E-state index contributed by atoms with van der Waals surface area (Å²) >= 11 is 0. The Hall–Kier alpha value is -2.43. The predicted molar refractivity (Wildman–Crippen MR) is 71.5 cm³/mol. The monoisotopic (exact) mass is 277 g/mol. The van der Waals surface area contributed by atoms with Crippen molar-refractivity contribution in [3.8, 4) is 5.75 Å². The van der Waals surface area contributed by atoms with E-state index in [0.29, 0.717) is 5.75 Å². The third-order valence-corrected chi connectivity index (χ3v) is 2.56. The van der Waals surface area contributed by atoms with Crippen LogP contribution in [0.2, 0.25) is 0 Å². The summed E-state index contributed by atoms with van der Waals surface area (Å²) in [6.07, 6.45) is -0.788. The van der Waals surface area contributed by atoms with Crippen molar-refractivity contribution >= 4 is 11.6 Å². The Morgan fingerprint density at radius 3 is 2.30 bits per heavy atom. The number of hydrogen-bond donors (Lipinski definition) is 1. The number of anilines is 1. The van der Waals surface area contributed by atoms with Gasteiger partial charge in [-0.05, 0) is 31.2 Å². The minimum atomic E-state index is -0.788. The van der Waals surface area contributed by atoms with Gasteiger partial charge < -0.3 is 10.1 Å². The lowest BCUT2D eigenvalue weighted by Crippen LogP contribution is -2.30. The van der Waals surface area contributed by atoms with E-state index < -0.39 is 23.6 Å². The van der Waals surface area contributed by atoms with Crippen LogP contribution in [0, 0.1) is 11.6 Å². The SMILES string of the molecule is CC(Oc1ccccc1)C(=O)Nc1cc(F)cc(F)c1. The standard InChI is InChI=1S/C15H13F2NO2/c1-10(20-14-5-3-2-4-6-14)15(19)18-13-8-11(16)7-12(17)9-13/h2-10H,1H3,(H,18,19). The average molecular weight is 277 g/mol. The molecule has 0 bridgehead atoms. The molecule has 0 fully saturated rings. The highest BCUT2D eigenvalue weighted by Gasteiger charge is 2.15. The van der Waals surface area contributed by atoms with E-state index in [9.17, 15) is 13.6 Å². The molecule has 0 saturated heterocycles. The van der Waals surface area contributed by atoms with Gasteiger partial charge in [0, 0.05) is 11.8 Å². The van der Waals surface area contributed by atoms with Gasteiger partial charge in [-0.2, -0.15) is 0 Å². The number of rotatable bonds is 4. The van der Waals surface area contributed by atoms with E-state index in [0.717, 1.165) is 18.2 Å². The average Bonchev–Trinajstić information content (AvgIpc) is 2.38. The molecule has 1 atom stereocenters. The van der Waals surface area contributed by atoms with Gasteiger partial charge in [-0.3, -0.25) is 4.79 Å². The number of nitrogens with one attached hydrogen (secondary N) is 1. The summed E-state index contributed by atoms with van der Waals surface area (Å²) in [5.41, 5.74) is 0.0519. The summed E-state index contributed by atoms with van der Waals surface area (Å²) in [4.78, 5) is 11.9. The van der Waals surface area contributed by atoms with Crippen LogP contribution in [-0.4, -0.2) is 12.0 Å². The fourth-order valence-corrected chi connectivity index (χ4v) is 1.63. The number of hydrogen-bond acceptors (Lipinski definition) is 2. The third kappa shape index (κ3) is 3.78. The minimum Gasteiger partial charge on any atom is -0.481 e.